The Morgan fingerprint density at radius 3 is 2.18 bits per heavy atom. The lowest BCUT2D eigenvalue weighted by Crippen LogP contribution is -2.32. The molecule has 0 bridgehead atoms. The van der Waals surface area contributed by atoms with Gasteiger partial charge in [-0.15, -0.1) is 11.3 Å². The van der Waals surface area contributed by atoms with Crippen molar-refractivity contribution < 1.29 is 13.9 Å². The smallest absolute Gasteiger partial charge is 0.141 e. The first kappa shape index (κ1) is 23.2. The first-order valence-electron chi connectivity index (χ1n) is 11.1. The van der Waals surface area contributed by atoms with Gasteiger partial charge in [0.2, 0.25) is 0 Å². The molecule has 3 heterocycles. The molecule has 0 aliphatic carbocycles. The van der Waals surface area contributed by atoms with E-state index in [1.54, 1.807) is 30.1 Å². The first-order chi connectivity index (χ1) is 16.2. The van der Waals surface area contributed by atoms with E-state index < -0.39 is 0 Å². The molecule has 1 aromatic carbocycles. The maximum absolute atomic E-state index is 13.8. The molecule has 172 valence electrons. The summed E-state index contributed by atoms with van der Waals surface area (Å²) < 4.78 is 25.0. The second-order valence-corrected chi connectivity index (χ2v) is 8.31. The van der Waals surface area contributed by atoms with Crippen LogP contribution in [0.1, 0.15) is 13.8 Å². The van der Waals surface area contributed by atoms with Crippen molar-refractivity contribution in [3.8, 4) is 21.6 Å². The minimum atomic E-state index is -0.268. The Hall–Kier alpha value is -2.94. The van der Waals surface area contributed by atoms with Gasteiger partial charge in [0, 0.05) is 49.1 Å². The molecule has 0 atom stereocenters. The summed E-state index contributed by atoms with van der Waals surface area (Å²) in [5.74, 6) is 0.561. The van der Waals surface area contributed by atoms with Crippen LogP contribution < -0.4 is 4.90 Å². The molecule has 3 aromatic heterocycles. The van der Waals surface area contributed by atoms with Crippen LogP contribution in [0.25, 0.3) is 31.8 Å². The van der Waals surface area contributed by atoms with E-state index in [0.717, 1.165) is 37.6 Å². The number of aromatic nitrogens is 3. The standard InChI is InChI=1S/C25H27FN4O2S/c1-3-31-15-13-30(14-16-32-4-2)24-22-21(18-5-7-20(26)8-6-18)23(19-9-11-27-12-10-19)33-25(22)29-17-28-24/h5-12,17H,3-4,13-16H2,1-2H3. The third-order valence-corrected chi connectivity index (χ3v) is 6.41. The van der Waals surface area contributed by atoms with E-state index in [0.29, 0.717) is 39.5 Å². The highest BCUT2D eigenvalue weighted by molar-refractivity contribution is 7.22. The van der Waals surface area contributed by atoms with E-state index in [-0.39, 0.29) is 5.82 Å². The minimum absolute atomic E-state index is 0.268. The topological polar surface area (TPSA) is 60.4 Å². The Balaban J connectivity index is 1.89. The molecule has 6 nitrogen and oxygen atoms in total. The third kappa shape index (κ3) is 5.35. The molecule has 0 N–H and O–H groups in total. The summed E-state index contributed by atoms with van der Waals surface area (Å²) in [6, 6.07) is 10.5. The van der Waals surface area contributed by atoms with Crippen LogP contribution in [0, 0.1) is 5.82 Å². The molecule has 4 rings (SSSR count). The number of halogens is 1. The van der Waals surface area contributed by atoms with Gasteiger partial charge in [-0.25, -0.2) is 14.4 Å². The Morgan fingerprint density at radius 2 is 1.55 bits per heavy atom. The Bertz CT molecular complexity index is 1160. The lowest BCUT2D eigenvalue weighted by molar-refractivity contribution is 0.141. The number of fused-ring (bicyclic) bond motifs is 1. The van der Waals surface area contributed by atoms with Gasteiger partial charge in [0.1, 0.15) is 22.8 Å². The summed E-state index contributed by atoms with van der Waals surface area (Å²) in [6.07, 6.45) is 5.15. The summed E-state index contributed by atoms with van der Waals surface area (Å²) in [4.78, 5) is 17.6. The Morgan fingerprint density at radius 1 is 0.879 bits per heavy atom. The monoisotopic (exact) mass is 466 g/mol. The number of hydrogen-bond donors (Lipinski definition) is 0. The minimum Gasteiger partial charge on any atom is -0.380 e. The highest BCUT2D eigenvalue weighted by atomic mass is 32.1. The second-order valence-electron chi connectivity index (χ2n) is 7.31. The molecule has 0 saturated heterocycles. The largest absolute Gasteiger partial charge is 0.380 e. The fourth-order valence-electron chi connectivity index (χ4n) is 3.72. The van der Waals surface area contributed by atoms with Crippen LogP contribution in [0.15, 0.2) is 55.1 Å². The van der Waals surface area contributed by atoms with Gasteiger partial charge in [-0.3, -0.25) is 4.98 Å². The lowest BCUT2D eigenvalue weighted by Gasteiger charge is -2.24. The number of thiophene rings is 1. The van der Waals surface area contributed by atoms with Crippen LogP contribution in [0.3, 0.4) is 0 Å². The molecule has 33 heavy (non-hydrogen) atoms. The zero-order chi connectivity index (χ0) is 23.0. The molecule has 0 aliphatic rings. The number of nitrogens with zero attached hydrogens (tertiary/aromatic N) is 4. The van der Waals surface area contributed by atoms with Crippen LogP contribution in [0.2, 0.25) is 0 Å². The average Bonchev–Trinajstić information content (AvgIpc) is 3.24. The van der Waals surface area contributed by atoms with Crippen molar-refractivity contribution in [3.63, 3.8) is 0 Å². The summed E-state index contributed by atoms with van der Waals surface area (Å²) >= 11 is 1.60. The number of pyridine rings is 1. The molecular formula is C25H27FN4O2S. The molecular weight excluding hydrogens is 439 g/mol. The van der Waals surface area contributed by atoms with E-state index in [1.165, 1.54) is 12.1 Å². The van der Waals surface area contributed by atoms with E-state index in [4.69, 9.17) is 14.5 Å². The van der Waals surface area contributed by atoms with E-state index in [2.05, 4.69) is 14.9 Å². The third-order valence-electron chi connectivity index (χ3n) is 5.26. The van der Waals surface area contributed by atoms with Crippen molar-refractivity contribution in [2.24, 2.45) is 0 Å². The van der Waals surface area contributed by atoms with Gasteiger partial charge in [0.15, 0.2) is 0 Å². The normalized spacial score (nSPS) is 11.2. The van der Waals surface area contributed by atoms with Crippen LogP contribution in [0.5, 0.6) is 0 Å². The van der Waals surface area contributed by atoms with Gasteiger partial charge >= 0.3 is 0 Å². The number of anilines is 1. The maximum Gasteiger partial charge on any atom is 0.141 e. The number of rotatable bonds is 11. The van der Waals surface area contributed by atoms with Crippen molar-refractivity contribution in [1.29, 1.82) is 0 Å². The fourth-order valence-corrected chi connectivity index (χ4v) is 4.88. The summed E-state index contributed by atoms with van der Waals surface area (Å²) in [7, 11) is 0. The van der Waals surface area contributed by atoms with Crippen molar-refractivity contribution in [3.05, 3.63) is 60.9 Å². The predicted octanol–water partition coefficient (Wildman–Crippen LogP) is 5.44. The van der Waals surface area contributed by atoms with Gasteiger partial charge in [0.05, 0.1) is 18.6 Å². The fraction of sp³-hybridized carbons (Fsp3) is 0.320. The lowest BCUT2D eigenvalue weighted by atomic mass is 10.00. The molecule has 0 fully saturated rings. The molecule has 8 heteroatoms. The van der Waals surface area contributed by atoms with Gasteiger partial charge < -0.3 is 14.4 Å². The summed E-state index contributed by atoms with van der Waals surface area (Å²) in [5, 5.41) is 0.953. The molecule has 0 radical (unpaired) electrons. The molecule has 0 unspecified atom stereocenters. The maximum atomic E-state index is 13.8. The van der Waals surface area contributed by atoms with Crippen LogP contribution in [-0.2, 0) is 9.47 Å². The van der Waals surface area contributed by atoms with Crippen molar-refractivity contribution in [2.75, 3.05) is 44.4 Å². The van der Waals surface area contributed by atoms with Gasteiger partial charge in [-0.05, 0) is 49.2 Å². The molecule has 4 aromatic rings. The van der Waals surface area contributed by atoms with E-state index in [1.807, 2.05) is 38.1 Å². The molecule has 0 aliphatic heterocycles. The van der Waals surface area contributed by atoms with Gasteiger partial charge in [0.25, 0.3) is 0 Å². The van der Waals surface area contributed by atoms with Crippen LogP contribution >= 0.6 is 11.3 Å². The molecule has 0 saturated carbocycles. The number of benzene rings is 1. The summed E-state index contributed by atoms with van der Waals surface area (Å²) in [6.45, 7) is 7.81. The molecule has 0 spiro atoms. The second kappa shape index (κ2) is 11.3. The van der Waals surface area contributed by atoms with E-state index in [9.17, 15) is 4.39 Å². The van der Waals surface area contributed by atoms with Gasteiger partial charge in [-0.1, -0.05) is 12.1 Å². The van der Waals surface area contributed by atoms with Crippen molar-refractivity contribution >= 4 is 27.4 Å². The zero-order valence-corrected chi connectivity index (χ0v) is 19.6. The van der Waals surface area contributed by atoms with Crippen molar-refractivity contribution in [2.45, 2.75) is 13.8 Å². The SMILES string of the molecule is CCOCCN(CCOCC)c1ncnc2sc(-c3ccncc3)c(-c3ccc(F)cc3)c12. The predicted molar refractivity (Wildman–Crippen MR) is 131 cm³/mol. The van der Waals surface area contributed by atoms with Crippen LogP contribution in [0.4, 0.5) is 10.2 Å². The Labute approximate surface area is 197 Å². The molecule has 0 amide bonds. The Kier molecular flexibility index (Phi) is 7.93. The highest BCUT2D eigenvalue weighted by Gasteiger charge is 2.23. The van der Waals surface area contributed by atoms with Crippen LogP contribution in [-0.4, -0.2) is 54.5 Å². The van der Waals surface area contributed by atoms with Gasteiger partial charge in [-0.2, -0.15) is 0 Å². The average molecular weight is 467 g/mol. The highest BCUT2D eigenvalue weighted by Crippen LogP contribution is 2.46. The first-order valence-corrected chi connectivity index (χ1v) is 11.9. The zero-order valence-electron chi connectivity index (χ0n) is 18.8. The van der Waals surface area contributed by atoms with Crippen molar-refractivity contribution in [1.82, 2.24) is 15.0 Å². The quantitative estimate of drug-likeness (QED) is 0.274. The summed E-state index contributed by atoms with van der Waals surface area (Å²) in [5.41, 5.74) is 2.95. The number of hydrogen-bond acceptors (Lipinski definition) is 7. The van der Waals surface area contributed by atoms with E-state index >= 15 is 0 Å². The number of ether oxygens (including phenoxy) is 2.